The topological polar surface area (TPSA) is 63.2 Å². The number of amides is 2. The van der Waals surface area contributed by atoms with E-state index in [2.05, 4.69) is 15.6 Å². The van der Waals surface area contributed by atoms with Crippen LogP contribution in [-0.2, 0) is 6.42 Å². The van der Waals surface area contributed by atoms with Crippen molar-refractivity contribution in [2.24, 2.45) is 0 Å². The standard InChI is InChI=1S/C16H19N3O2/c1-12-6-5-8-14(21-2)15(12)19-16(20)18-11-9-13-7-3-4-10-17-13/h3-8,10H,9,11H2,1-2H3,(H2,18,19,20). The van der Waals surface area contributed by atoms with Crippen molar-refractivity contribution in [1.82, 2.24) is 10.3 Å². The van der Waals surface area contributed by atoms with Gasteiger partial charge in [0.05, 0.1) is 12.8 Å². The molecule has 0 radical (unpaired) electrons. The van der Waals surface area contributed by atoms with Gasteiger partial charge in [-0.15, -0.1) is 0 Å². The second-order valence-electron chi connectivity index (χ2n) is 4.60. The smallest absolute Gasteiger partial charge is 0.319 e. The summed E-state index contributed by atoms with van der Waals surface area (Å²) in [7, 11) is 1.58. The molecular formula is C16H19N3O2. The number of para-hydroxylation sites is 1. The zero-order valence-corrected chi connectivity index (χ0v) is 12.2. The molecule has 1 aromatic carbocycles. The number of pyridine rings is 1. The Morgan fingerprint density at radius 3 is 2.81 bits per heavy atom. The van der Waals surface area contributed by atoms with E-state index in [1.54, 1.807) is 13.3 Å². The molecule has 0 unspecified atom stereocenters. The summed E-state index contributed by atoms with van der Waals surface area (Å²) in [6, 6.07) is 11.1. The number of benzene rings is 1. The number of ether oxygens (including phenoxy) is 1. The largest absolute Gasteiger partial charge is 0.495 e. The summed E-state index contributed by atoms with van der Waals surface area (Å²) in [5, 5.41) is 5.63. The summed E-state index contributed by atoms with van der Waals surface area (Å²) in [4.78, 5) is 16.1. The number of carbonyl (C=O) groups is 1. The van der Waals surface area contributed by atoms with Gasteiger partial charge in [0.25, 0.3) is 0 Å². The van der Waals surface area contributed by atoms with Crippen LogP contribution in [0, 0.1) is 6.92 Å². The molecule has 2 aromatic rings. The van der Waals surface area contributed by atoms with Crippen LogP contribution in [0.1, 0.15) is 11.3 Å². The number of aryl methyl sites for hydroxylation is 1. The first-order valence-corrected chi connectivity index (χ1v) is 6.79. The number of hydrogen-bond acceptors (Lipinski definition) is 3. The Bertz CT molecular complexity index is 600. The van der Waals surface area contributed by atoms with Gasteiger partial charge in [0.1, 0.15) is 5.75 Å². The predicted molar refractivity (Wildman–Crippen MR) is 82.7 cm³/mol. The molecule has 0 spiro atoms. The zero-order chi connectivity index (χ0) is 15.1. The number of methoxy groups -OCH3 is 1. The fourth-order valence-corrected chi connectivity index (χ4v) is 1.98. The Morgan fingerprint density at radius 2 is 2.10 bits per heavy atom. The summed E-state index contributed by atoms with van der Waals surface area (Å²) in [5.74, 6) is 0.648. The number of rotatable bonds is 5. The van der Waals surface area contributed by atoms with Gasteiger partial charge in [-0.2, -0.15) is 0 Å². The lowest BCUT2D eigenvalue weighted by molar-refractivity contribution is 0.252. The van der Waals surface area contributed by atoms with Crippen LogP contribution in [-0.4, -0.2) is 24.7 Å². The average molecular weight is 285 g/mol. The molecule has 0 atom stereocenters. The molecule has 5 heteroatoms. The van der Waals surface area contributed by atoms with E-state index in [1.165, 1.54) is 0 Å². The molecule has 5 nitrogen and oxygen atoms in total. The number of carbonyl (C=O) groups excluding carboxylic acids is 1. The fraction of sp³-hybridized carbons (Fsp3) is 0.250. The highest BCUT2D eigenvalue weighted by Gasteiger charge is 2.09. The molecule has 110 valence electrons. The summed E-state index contributed by atoms with van der Waals surface area (Å²) in [5.41, 5.74) is 2.59. The van der Waals surface area contributed by atoms with Crippen molar-refractivity contribution in [3.8, 4) is 5.75 Å². The van der Waals surface area contributed by atoms with Crippen LogP contribution in [0.15, 0.2) is 42.6 Å². The van der Waals surface area contributed by atoms with E-state index in [1.807, 2.05) is 43.3 Å². The lowest BCUT2D eigenvalue weighted by Gasteiger charge is -2.13. The summed E-state index contributed by atoms with van der Waals surface area (Å²) in [6.45, 7) is 2.45. The fourth-order valence-electron chi connectivity index (χ4n) is 1.98. The molecule has 21 heavy (non-hydrogen) atoms. The first-order valence-electron chi connectivity index (χ1n) is 6.79. The number of aromatic nitrogens is 1. The second-order valence-corrected chi connectivity index (χ2v) is 4.60. The van der Waals surface area contributed by atoms with Gasteiger partial charge in [-0.3, -0.25) is 4.98 Å². The summed E-state index contributed by atoms with van der Waals surface area (Å²) < 4.78 is 5.25. The van der Waals surface area contributed by atoms with Crippen molar-refractivity contribution in [2.45, 2.75) is 13.3 Å². The Hall–Kier alpha value is -2.56. The Morgan fingerprint density at radius 1 is 1.24 bits per heavy atom. The molecule has 0 aliphatic carbocycles. The van der Waals surface area contributed by atoms with E-state index in [0.29, 0.717) is 24.4 Å². The van der Waals surface area contributed by atoms with Crippen LogP contribution in [0.3, 0.4) is 0 Å². The van der Waals surface area contributed by atoms with Gasteiger partial charge >= 0.3 is 6.03 Å². The van der Waals surface area contributed by atoms with E-state index < -0.39 is 0 Å². The Kier molecular flexibility index (Phi) is 5.15. The molecular weight excluding hydrogens is 266 g/mol. The molecule has 0 fully saturated rings. The molecule has 0 saturated carbocycles. The minimum absolute atomic E-state index is 0.251. The van der Waals surface area contributed by atoms with E-state index in [4.69, 9.17) is 4.74 Å². The number of nitrogens with zero attached hydrogens (tertiary/aromatic N) is 1. The van der Waals surface area contributed by atoms with Gasteiger partial charge in [0, 0.05) is 24.9 Å². The van der Waals surface area contributed by atoms with Crippen molar-refractivity contribution in [1.29, 1.82) is 0 Å². The molecule has 2 amide bonds. The summed E-state index contributed by atoms with van der Waals surface area (Å²) >= 11 is 0. The van der Waals surface area contributed by atoms with Crippen LogP contribution in [0.4, 0.5) is 10.5 Å². The molecule has 0 saturated heterocycles. The van der Waals surface area contributed by atoms with Gasteiger partial charge in [0.15, 0.2) is 0 Å². The van der Waals surface area contributed by atoms with Crippen molar-refractivity contribution in [3.63, 3.8) is 0 Å². The number of urea groups is 1. The van der Waals surface area contributed by atoms with E-state index >= 15 is 0 Å². The highest BCUT2D eigenvalue weighted by molar-refractivity contribution is 5.91. The molecule has 0 aliphatic heterocycles. The third kappa shape index (κ3) is 4.21. The quantitative estimate of drug-likeness (QED) is 0.888. The monoisotopic (exact) mass is 285 g/mol. The molecule has 0 aliphatic rings. The maximum absolute atomic E-state index is 11.9. The molecule has 2 rings (SSSR count). The summed E-state index contributed by atoms with van der Waals surface area (Å²) in [6.07, 6.45) is 2.44. The molecule has 1 heterocycles. The minimum Gasteiger partial charge on any atom is -0.495 e. The lowest BCUT2D eigenvalue weighted by atomic mass is 10.2. The number of nitrogens with one attached hydrogen (secondary N) is 2. The van der Waals surface area contributed by atoms with E-state index in [-0.39, 0.29) is 6.03 Å². The van der Waals surface area contributed by atoms with Gasteiger partial charge in [-0.1, -0.05) is 18.2 Å². The molecule has 1 aromatic heterocycles. The maximum atomic E-state index is 11.9. The van der Waals surface area contributed by atoms with Gasteiger partial charge in [0.2, 0.25) is 0 Å². The average Bonchev–Trinajstić information content (AvgIpc) is 2.50. The van der Waals surface area contributed by atoms with Crippen molar-refractivity contribution in [3.05, 3.63) is 53.9 Å². The first kappa shape index (κ1) is 14.8. The van der Waals surface area contributed by atoms with Crippen LogP contribution in [0.25, 0.3) is 0 Å². The maximum Gasteiger partial charge on any atom is 0.319 e. The number of hydrogen-bond donors (Lipinski definition) is 2. The third-order valence-corrected chi connectivity index (χ3v) is 3.09. The van der Waals surface area contributed by atoms with E-state index in [0.717, 1.165) is 11.3 Å². The predicted octanol–water partition coefficient (Wildman–Crippen LogP) is 2.76. The highest BCUT2D eigenvalue weighted by Crippen LogP contribution is 2.27. The second kappa shape index (κ2) is 7.28. The van der Waals surface area contributed by atoms with Crippen LogP contribution in [0.2, 0.25) is 0 Å². The van der Waals surface area contributed by atoms with Crippen molar-refractivity contribution in [2.75, 3.05) is 19.0 Å². The van der Waals surface area contributed by atoms with Crippen molar-refractivity contribution >= 4 is 11.7 Å². The molecule has 2 N–H and O–H groups in total. The normalized spacial score (nSPS) is 10.0. The zero-order valence-electron chi connectivity index (χ0n) is 12.2. The Labute approximate surface area is 124 Å². The van der Waals surface area contributed by atoms with Crippen LogP contribution >= 0.6 is 0 Å². The van der Waals surface area contributed by atoms with Gasteiger partial charge < -0.3 is 15.4 Å². The van der Waals surface area contributed by atoms with Gasteiger partial charge in [-0.25, -0.2) is 4.79 Å². The van der Waals surface area contributed by atoms with Crippen LogP contribution in [0.5, 0.6) is 5.75 Å². The third-order valence-electron chi connectivity index (χ3n) is 3.09. The SMILES string of the molecule is COc1cccc(C)c1NC(=O)NCCc1ccccn1. The highest BCUT2D eigenvalue weighted by atomic mass is 16.5. The first-order chi connectivity index (χ1) is 10.2. The van der Waals surface area contributed by atoms with Crippen molar-refractivity contribution < 1.29 is 9.53 Å². The molecule has 0 bridgehead atoms. The van der Waals surface area contributed by atoms with Gasteiger partial charge in [-0.05, 0) is 30.7 Å². The van der Waals surface area contributed by atoms with E-state index in [9.17, 15) is 4.79 Å². The number of anilines is 1. The lowest BCUT2D eigenvalue weighted by Crippen LogP contribution is -2.31. The van der Waals surface area contributed by atoms with Crippen LogP contribution < -0.4 is 15.4 Å². The minimum atomic E-state index is -0.251. The Balaban J connectivity index is 1.88.